The third-order valence-electron chi connectivity index (χ3n) is 4.18. The first kappa shape index (κ1) is 18.4. The first-order valence-electron chi connectivity index (χ1n) is 8.39. The summed E-state index contributed by atoms with van der Waals surface area (Å²) in [5, 5.41) is 2.01. The molecule has 1 aromatic heterocycles. The first-order chi connectivity index (χ1) is 12.1. The number of hydrogen-bond acceptors (Lipinski definition) is 5. The molecular weight excluding hydrogens is 357 g/mol. The van der Waals surface area contributed by atoms with Crippen LogP contribution in [0.25, 0.3) is 0 Å². The number of carbonyl (C=O) groups excluding carboxylic acids is 1. The zero-order valence-corrected chi connectivity index (χ0v) is 15.9. The molecule has 2 aromatic rings. The number of aryl methyl sites for hydroxylation is 1. The van der Waals surface area contributed by atoms with Crippen molar-refractivity contribution in [3.05, 3.63) is 46.7 Å². The van der Waals surface area contributed by atoms with Crippen LogP contribution in [-0.2, 0) is 11.3 Å². The van der Waals surface area contributed by atoms with E-state index in [0.717, 1.165) is 54.7 Å². The van der Waals surface area contributed by atoms with Crippen molar-refractivity contribution in [3.63, 3.8) is 0 Å². The van der Waals surface area contributed by atoms with Crippen LogP contribution in [0.4, 0.5) is 4.39 Å². The number of thioether (sulfide) groups is 1. The summed E-state index contributed by atoms with van der Waals surface area (Å²) in [6.07, 6.45) is 0.966. The lowest BCUT2D eigenvalue weighted by atomic mass is 10.2. The quantitative estimate of drug-likeness (QED) is 0.746. The Morgan fingerprint density at radius 1 is 1.24 bits per heavy atom. The van der Waals surface area contributed by atoms with E-state index in [2.05, 4.69) is 9.88 Å². The molecule has 7 heteroatoms. The van der Waals surface area contributed by atoms with E-state index in [1.165, 1.54) is 23.9 Å². The molecule has 3 rings (SSSR count). The normalized spacial score (nSPS) is 16.0. The van der Waals surface area contributed by atoms with Crippen molar-refractivity contribution in [1.29, 1.82) is 0 Å². The van der Waals surface area contributed by atoms with Gasteiger partial charge in [-0.3, -0.25) is 9.69 Å². The van der Waals surface area contributed by atoms with Crippen LogP contribution < -0.4 is 0 Å². The second-order valence-corrected chi connectivity index (χ2v) is 8.26. The molecule has 0 N–H and O–H groups in total. The summed E-state index contributed by atoms with van der Waals surface area (Å²) in [5.74, 6) is 0.427. The van der Waals surface area contributed by atoms with Crippen LogP contribution in [0, 0.1) is 12.7 Å². The first-order valence-corrected chi connectivity index (χ1v) is 10.3. The van der Waals surface area contributed by atoms with E-state index in [1.54, 1.807) is 11.3 Å². The molecule has 0 atom stereocenters. The summed E-state index contributed by atoms with van der Waals surface area (Å²) in [4.78, 5) is 21.1. The number of rotatable bonds is 5. The lowest BCUT2D eigenvalue weighted by Gasteiger charge is -2.22. The topological polar surface area (TPSA) is 36.4 Å². The van der Waals surface area contributed by atoms with E-state index in [4.69, 9.17) is 0 Å². The van der Waals surface area contributed by atoms with Crippen LogP contribution in [0.1, 0.15) is 17.7 Å². The maximum absolute atomic E-state index is 13.0. The fourth-order valence-corrected chi connectivity index (χ4v) is 4.59. The lowest BCUT2D eigenvalue weighted by Crippen LogP contribution is -2.36. The lowest BCUT2D eigenvalue weighted by molar-refractivity contribution is -0.128. The average molecular weight is 380 g/mol. The number of amides is 1. The van der Waals surface area contributed by atoms with Gasteiger partial charge >= 0.3 is 0 Å². The van der Waals surface area contributed by atoms with Crippen molar-refractivity contribution >= 4 is 29.0 Å². The molecule has 0 bridgehead atoms. The minimum absolute atomic E-state index is 0.182. The molecule has 0 radical (unpaired) electrons. The number of halogens is 1. The fourth-order valence-electron chi connectivity index (χ4n) is 2.84. The molecule has 0 aliphatic carbocycles. The molecule has 1 fully saturated rings. The van der Waals surface area contributed by atoms with Gasteiger partial charge in [0, 0.05) is 43.8 Å². The molecule has 0 unspecified atom stereocenters. The van der Waals surface area contributed by atoms with Crippen molar-refractivity contribution in [3.8, 4) is 0 Å². The van der Waals surface area contributed by atoms with E-state index < -0.39 is 0 Å². The Balaban J connectivity index is 1.47. The van der Waals surface area contributed by atoms with E-state index in [1.807, 2.05) is 29.3 Å². The van der Waals surface area contributed by atoms with Gasteiger partial charge in [0.2, 0.25) is 5.91 Å². The van der Waals surface area contributed by atoms with Gasteiger partial charge in [0.15, 0.2) is 4.34 Å². The minimum atomic E-state index is -0.204. The van der Waals surface area contributed by atoms with Gasteiger partial charge in [-0.05, 0) is 31.0 Å². The summed E-state index contributed by atoms with van der Waals surface area (Å²) < 4.78 is 14.0. The Bertz CT molecular complexity index is 705. The van der Waals surface area contributed by atoms with Crippen LogP contribution in [0.3, 0.4) is 0 Å². The van der Waals surface area contributed by atoms with Gasteiger partial charge in [0.05, 0.1) is 5.75 Å². The highest BCUT2D eigenvalue weighted by molar-refractivity contribution is 8.01. The predicted molar refractivity (Wildman–Crippen MR) is 100 cm³/mol. The van der Waals surface area contributed by atoms with Crippen molar-refractivity contribution < 1.29 is 9.18 Å². The second-order valence-electron chi connectivity index (χ2n) is 6.18. The van der Waals surface area contributed by atoms with Crippen LogP contribution in [0.5, 0.6) is 0 Å². The Kier molecular flexibility index (Phi) is 6.45. The van der Waals surface area contributed by atoms with Gasteiger partial charge in [-0.2, -0.15) is 0 Å². The third kappa shape index (κ3) is 5.52. The highest BCUT2D eigenvalue weighted by atomic mass is 32.2. The Morgan fingerprint density at radius 2 is 2.04 bits per heavy atom. The minimum Gasteiger partial charge on any atom is -0.341 e. The SMILES string of the molecule is Cc1csc(SCC(=O)N2CCCN(Cc3ccc(F)cc3)CC2)n1. The van der Waals surface area contributed by atoms with E-state index in [9.17, 15) is 9.18 Å². The van der Waals surface area contributed by atoms with Gasteiger partial charge in [0.1, 0.15) is 5.82 Å². The Labute approximate surface area is 156 Å². The molecule has 134 valence electrons. The van der Waals surface area contributed by atoms with E-state index in [0.29, 0.717) is 5.75 Å². The molecule has 0 spiro atoms. The number of thiazole rings is 1. The van der Waals surface area contributed by atoms with Gasteiger partial charge in [-0.15, -0.1) is 11.3 Å². The van der Waals surface area contributed by atoms with Crippen LogP contribution in [0.2, 0.25) is 0 Å². The van der Waals surface area contributed by atoms with Crippen molar-refractivity contribution in [2.75, 3.05) is 31.9 Å². The van der Waals surface area contributed by atoms with Gasteiger partial charge in [-0.1, -0.05) is 23.9 Å². The summed E-state index contributed by atoms with van der Waals surface area (Å²) in [7, 11) is 0. The zero-order chi connectivity index (χ0) is 17.6. The molecule has 1 amide bonds. The van der Waals surface area contributed by atoms with Crippen LogP contribution >= 0.6 is 23.1 Å². The van der Waals surface area contributed by atoms with Crippen molar-refractivity contribution in [1.82, 2.24) is 14.8 Å². The average Bonchev–Trinajstić information content (AvgIpc) is 2.88. The zero-order valence-electron chi connectivity index (χ0n) is 14.3. The molecule has 1 aliphatic rings. The van der Waals surface area contributed by atoms with Crippen LogP contribution in [0.15, 0.2) is 34.0 Å². The molecule has 4 nitrogen and oxygen atoms in total. The maximum atomic E-state index is 13.0. The second kappa shape index (κ2) is 8.78. The van der Waals surface area contributed by atoms with Gasteiger partial charge in [-0.25, -0.2) is 9.37 Å². The molecule has 1 aromatic carbocycles. The smallest absolute Gasteiger partial charge is 0.233 e. The molecule has 25 heavy (non-hydrogen) atoms. The van der Waals surface area contributed by atoms with E-state index >= 15 is 0 Å². The predicted octanol–water partition coefficient (Wildman–Crippen LogP) is 3.42. The number of hydrogen-bond donors (Lipinski definition) is 0. The highest BCUT2D eigenvalue weighted by Gasteiger charge is 2.19. The summed E-state index contributed by atoms with van der Waals surface area (Å²) in [5.41, 5.74) is 2.11. The molecule has 1 aliphatic heterocycles. The highest BCUT2D eigenvalue weighted by Crippen LogP contribution is 2.22. The number of carbonyl (C=O) groups is 1. The molecule has 2 heterocycles. The molecule has 0 saturated carbocycles. The summed E-state index contributed by atoms with van der Waals surface area (Å²) in [6, 6.07) is 6.66. The Hall–Kier alpha value is -1.44. The number of nitrogens with zero attached hydrogens (tertiary/aromatic N) is 3. The van der Waals surface area contributed by atoms with Gasteiger partial charge < -0.3 is 4.90 Å². The van der Waals surface area contributed by atoms with Gasteiger partial charge in [0.25, 0.3) is 0 Å². The maximum Gasteiger partial charge on any atom is 0.233 e. The third-order valence-corrected chi connectivity index (χ3v) is 6.30. The van der Waals surface area contributed by atoms with E-state index in [-0.39, 0.29) is 11.7 Å². The van der Waals surface area contributed by atoms with Crippen molar-refractivity contribution in [2.24, 2.45) is 0 Å². The standard InChI is InChI=1S/C18H22FN3OS2/c1-14-12-24-18(20-14)25-13-17(23)22-8-2-7-21(9-10-22)11-15-3-5-16(19)6-4-15/h3-6,12H,2,7-11,13H2,1H3. The summed E-state index contributed by atoms with van der Waals surface area (Å²) >= 11 is 3.11. The molecular formula is C18H22FN3OS2. The van der Waals surface area contributed by atoms with Crippen LogP contribution in [-0.4, -0.2) is 52.6 Å². The summed E-state index contributed by atoms with van der Waals surface area (Å²) in [6.45, 7) is 6.13. The molecule has 1 saturated heterocycles. The largest absolute Gasteiger partial charge is 0.341 e. The fraction of sp³-hybridized carbons (Fsp3) is 0.444. The van der Waals surface area contributed by atoms with Crippen molar-refractivity contribution in [2.45, 2.75) is 24.2 Å². The number of benzene rings is 1. The Morgan fingerprint density at radius 3 is 2.76 bits per heavy atom. The monoisotopic (exact) mass is 379 g/mol. The number of aromatic nitrogens is 1.